The lowest BCUT2D eigenvalue weighted by Crippen LogP contribution is -2.64. The van der Waals surface area contributed by atoms with Crippen molar-refractivity contribution in [1.82, 2.24) is 10.6 Å². The minimum Gasteiger partial charge on any atom is -0.481 e. The second-order valence-corrected chi connectivity index (χ2v) is 9.82. The molecule has 1 heterocycles. The van der Waals surface area contributed by atoms with E-state index in [4.69, 9.17) is 0 Å². The number of benzene rings is 3. The fraction of sp³-hybridized carbons (Fsp3) is 0.207. The summed E-state index contributed by atoms with van der Waals surface area (Å²) in [6.07, 6.45) is 0. The number of carbonyl (C=O) groups excluding carboxylic acids is 3. The lowest BCUT2D eigenvalue weighted by molar-refractivity contribution is -0.141. The first-order valence-corrected chi connectivity index (χ1v) is 12.1. The minimum absolute atomic E-state index is 0.143. The zero-order chi connectivity index (χ0) is 26.9. The smallest absolute Gasteiger partial charge is 0.322 e. The van der Waals surface area contributed by atoms with Crippen LogP contribution < -0.4 is 10.6 Å². The Morgan fingerprint density at radius 1 is 0.763 bits per heavy atom. The Morgan fingerprint density at radius 3 is 1.76 bits per heavy atom. The summed E-state index contributed by atoms with van der Waals surface area (Å²) in [5.41, 5.74) is -4.22. The quantitative estimate of drug-likeness (QED) is 0.365. The molecule has 6 rings (SSSR count). The highest BCUT2D eigenvalue weighted by molar-refractivity contribution is 6.36. The van der Waals surface area contributed by atoms with E-state index in [1.54, 1.807) is 72.8 Å². The highest BCUT2D eigenvalue weighted by Crippen LogP contribution is 2.80. The lowest BCUT2D eigenvalue weighted by Gasteiger charge is -2.34. The zero-order valence-corrected chi connectivity index (χ0v) is 19.9. The number of carboxylic acid groups (broad SMARTS) is 2. The van der Waals surface area contributed by atoms with Gasteiger partial charge in [-0.15, -0.1) is 0 Å². The van der Waals surface area contributed by atoms with Gasteiger partial charge in [-0.25, -0.2) is 0 Å². The molecule has 3 aromatic rings. The first kappa shape index (κ1) is 23.7. The van der Waals surface area contributed by atoms with Gasteiger partial charge in [0.2, 0.25) is 5.91 Å². The van der Waals surface area contributed by atoms with Gasteiger partial charge in [0.15, 0.2) is 17.1 Å². The Bertz CT molecular complexity index is 1500. The van der Waals surface area contributed by atoms with Crippen LogP contribution >= 0.6 is 0 Å². The Hall–Kier alpha value is -4.63. The van der Waals surface area contributed by atoms with Crippen LogP contribution in [0.5, 0.6) is 0 Å². The van der Waals surface area contributed by atoms with Crippen LogP contribution in [0.4, 0.5) is 0 Å². The third-order valence-corrected chi connectivity index (χ3v) is 8.37. The number of rotatable bonds is 6. The fourth-order valence-electron chi connectivity index (χ4n) is 7.25. The molecule has 4 atom stereocenters. The highest BCUT2D eigenvalue weighted by atomic mass is 16.4. The molecule has 190 valence electrons. The number of nitrogens with one attached hydrogen (secondary N) is 2. The second kappa shape index (κ2) is 7.93. The number of aliphatic carboxylic acids is 2. The van der Waals surface area contributed by atoms with Gasteiger partial charge in [-0.2, -0.15) is 0 Å². The fourth-order valence-corrected chi connectivity index (χ4v) is 7.25. The van der Waals surface area contributed by atoms with E-state index < -0.39 is 64.3 Å². The molecule has 4 N–H and O–H groups in total. The summed E-state index contributed by atoms with van der Waals surface area (Å²) in [4.78, 5) is 66.7. The summed E-state index contributed by atoms with van der Waals surface area (Å²) >= 11 is 0. The Balaban J connectivity index is 1.71. The van der Waals surface area contributed by atoms with E-state index in [0.717, 1.165) is 0 Å². The molecule has 2 aliphatic carbocycles. The molecule has 0 radical (unpaired) electrons. The van der Waals surface area contributed by atoms with Crippen molar-refractivity contribution in [1.29, 1.82) is 0 Å². The van der Waals surface area contributed by atoms with Crippen LogP contribution in [0.3, 0.4) is 0 Å². The van der Waals surface area contributed by atoms with Gasteiger partial charge in [-0.05, 0) is 11.1 Å². The second-order valence-electron chi connectivity index (χ2n) is 9.82. The van der Waals surface area contributed by atoms with Crippen LogP contribution in [0.1, 0.15) is 31.8 Å². The summed E-state index contributed by atoms with van der Waals surface area (Å²) in [6.45, 7) is -0.715. The van der Waals surface area contributed by atoms with Gasteiger partial charge in [0, 0.05) is 16.5 Å². The van der Waals surface area contributed by atoms with E-state index in [-0.39, 0.29) is 11.1 Å². The number of hydrogen-bond acceptors (Lipinski definition) is 6. The largest absolute Gasteiger partial charge is 0.481 e. The number of Topliss-reactive ketones (excluding diaryl/α,β-unsaturated/α-hetero) is 2. The summed E-state index contributed by atoms with van der Waals surface area (Å²) in [7, 11) is 0. The zero-order valence-electron chi connectivity index (χ0n) is 19.9. The van der Waals surface area contributed by atoms with E-state index in [2.05, 4.69) is 10.6 Å². The van der Waals surface area contributed by atoms with E-state index in [9.17, 15) is 34.2 Å². The summed E-state index contributed by atoms with van der Waals surface area (Å²) in [5, 5.41) is 25.3. The first-order valence-electron chi connectivity index (χ1n) is 12.1. The standard InChI is InChI=1S/C29H22N2O7/c32-20(33)15-30-25(36)22-27(16-9-3-1-4-10-16)21(26(37)38)28(27,17-11-5-2-6-12-17)29(31-22)23(34)18-13-7-8-14-19(18)24(29)35/h1-14,21-22,31H,15H2,(H,30,36)(H,32,33)(H,37,38)/t21-,22-,27+,28+/m1/s1. The maximum atomic E-state index is 14.3. The molecule has 1 spiro atoms. The van der Waals surface area contributed by atoms with E-state index in [1.807, 2.05) is 0 Å². The third-order valence-electron chi connectivity index (χ3n) is 8.37. The minimum atomic E-state index is -2.11. The van der Waals surface area contributed by atoms with Crippen molar-refractivity contribution in [2.24, 2.45) is 5.92 Å². The summed E-state index contributed by atoms with van der Waals surface area (Å²) < 4.78 is 0. The molecule has 2 fully saturated rings. The predicted octanol–water partition coefficient (Wildman–Crippen LogP) is 1.57. The molecule has 0 aromatic heterocycles. The van der Waals surface area contributed by atoms with Crippen molar-refractivity contribution in [2.75, 3.05) is 6.54 Å². The number of amides is 1. The molecular weight excluding hydrogens is 488 g/mol. The molecule has 0 unspecified atom stereocenters. The summed E-state index contributed by atoms with van der Waals surface area (Å²) in [6, 6.07) is 21.8. The number of fused-ring (bicyclic) bond motifs is 3. The normalized spacial score (nSPS) is 28.0. The topological polar surface area (TPSA) is 150 Å². The van der Waals surface area contributed by atoms with Crippen molar-refractivity contribution in [3.63, 3.8) is 0 Å². The molecule has 1 aliphatic heterocycles. The molecular formula is C29H22N2O7. The van der Waals surface area contributed by atoms with Crippen LogP contribution in [0.2, 0.25) is 0 Å². The Morgan fingerprint density at radius 2 is 1.26 bits per heavy atom. The molecule has 9 nitrogen and oxygen atoms in total. The number of carbonyl (C=O) groups is 5. The maximum absolute atomic E-state index is 14.3. The van der Waals surface area contributed by atoms with E-state index in [1.165, 1.54) is 12.1 Å². The van der Waals surface area contributed by atoms with Gasteiger partial charge < -0.3 is 15.5 Å². The Kier molecular flexibility index (Phi) is 4.96. The monoisotopic (exact) mass is 510 g/mol. The van der Waals surface area contributed by atoms with Crippen molar-refractivity contribution in [3.05, 3.63) is 107 Å². The van der Waals surface area contributed by atoms with Gasteiger partial charge in [-0.3, -0.25) is 29.3 Å². The van der Waals surface area contributed by atoms with Gasteiger partial charge in [0.05, 0.1) is 17.4 Å². The van der Waals surface area contributed by atoms with Crippen molar-refractivity contribution >= 4 is 29.4 Å². The number of piperidine rings is 1. The van der Waals surface area contributed by atoms with E-state index in [0.29, 0.717) is 11.1 Å². The van der Waals surface area contributed by atoms with Gasteiger partial charge in [-0.1, -0.05) is 84.9 Å². The molecule has 1 amide bonds. The van der Waals surface area contributed by atoms with Crippen LogP contribution in [-0.2, 0) is 25.2 Å². The maximum Gasteiger partial charge on any atom is 0.322 e. The third kappa shape index (κ3) is 2.56. The molecule has 9 heteroatoms. The van der Waals surface area contributed by atoms with Gasteiger partial charge in [0.25, 0.3) is 0 Å². The first-order chi connectivity index (χ1) is 18.3. The van der Waals surface area contributed by atoms with Gasteiger partial charge >= 0.3 is 11.9 Å². The summed E-state index contributed by atoms with van der Waals surface area (Å²) in [5.74, 6) is -5.96. The van der Waals surface area contributed by atoms with Crippen molar-refractivity contribution in [2.45, 2.75) is 22.4 Å². The average molecular weight is 511 g/mol. The molecule has 1 saturated carbocycles. The van der Waals surface area contributed by atoms with Gasteiger partial charge in [0.1, 0.15) is 6.54 Å². The van der Waals surface area contributed by atoms with Crippen molar-refractivity contribution < 1.29 is 34.2 Å². The number of carboxylic acids is 2. The predicted molar refractivity (Wildman–Crippen MR) is 133 cm³/mol. The molecule has 3 aromatic carbocycles. The van der Waals surface area contributed by atoms with Crippen LogP contribution in [0.25, 0.3) is 0 Å². The molecule has 3 aliphatic rings. The Labute approximate surface area is 216 Å². The lowest BCUT2D eigenvalue weighted by atomic mass is 9.68. The molecule has 1 saturated heterocycles. The number of hydrogen-bond donors (Lipinski definition) is 4. The van der Waals surface area contributed by atoms with Crippen LogP contribution in [0, 0.1) is 5.92 Å². The van der Waals surface area contributed by atoms with E-state index >= 15 is 0 Å². The molecule has 0 bridgehead atoms. The van der Waals surface area contributed by atoms with Crippen molar-refractivity contribution in [3.8, 4) is 0 Å². The van der Waals surface area contributed by atoms with Crippen LogP contribution in [-0.4, -0.2) is 57.8 Å². The number of ketones is 2. The SMILES string of the molecule is O=C(O)CNC(=O)[C@H]1NC2(C(=O)c3ccccc3C2=O)[C@@]2(c3ccccc3)[C@H](C(=O)O)[C@@]12c1ccccc1. The molecule has 38 heavy (non-hydrogen) atoms. The average Bonchev–Trinajstić information content (AvgIpc) is 3.42. The highest BCUT2D eigenvalue weighted by Gasteiger charge is 2.97. The van der Waals surface area contributed by atoms with Crippen LogP contribution in [0.15, 0.2) is 84.9 Å².